The molecule has 0 aromatic carbocycles. The minimum Gasteiger partial charge on any atom is -0.347 e. The number of carbonyl (C=O) groups is 1. The molecule has 1 N–H and O–H groups in total. The van der Waals surface area contributed by atoms with E-state index < -0.39 is 0 Å². The van der Waals surface area contributed by atoms with Crippen LogP contribution in [0.2, 0.25) is 0 Å². The molecule has 5 heteroatoms. The predicted molar refractivity (Wildman–Crippen MR) is 81.8 cm³/mol. The van der Waals surface area contributed by atoms with Gasteiger partial charge < -0.3 is 5.32 Å². The molecule has 0 saturated carbocycles. The predicted octanol–water partition coefficient (Wildman–Crippen LogP) is 3.14. The third kappa shape index (κ3) is 4.34. The number of nitrogens with one attached hydrogen (secondary N) is 1. The molecule has 1 aromatic rings. The van der Waals surface area contributed by atoms with E-state index in [2.05, 4.69) is 47.1 Å². The first-order valence-corrected chi connectivity index (χ1v) is 7.83. The molecule has 1 aromatic heterocycles. The summed E-state index contributed by atoms with van der Waals surface area (Å²) in [4.78, 5) is 12.4. The Balaban J connectivity index is 2.87. The Morgan fingerprint density at radius 3 is 2.63 bits per heavy atom. The Morgan fingerprint density at radius 1 is 1.53 bits per heavy atom. The van der Waals surface area contributed by atoms with Gasteiger partial charge in [0.1, 0.15) is 5.69 Å². The van der Waals surface area contributed by atoms with E-state index in [1.54, 1.807) is 4.68 Å². The van der Waals surface area contributed by atoms with Crippen LogP contribution in [0.1, 0.15) is 50.3 Å². The molecule has 0 saturated heterocycles. The average molecular weight is 330 g/mol. The molecule has 0 bridgehead atoms. The number of rotatable bonds is 5. The van der Waals surface area contributed by atoms with Crippen LogP contribution in [-0.2, 0) is 6.54 Å². The Labute approximate surface area is 124 Å². The molecule has 0 aliphatic rings. The highest BCUT2D eigenvalue weighted by Crippen LogP contribution is 2.23. The fraction of sp³-hybridized carbons (Fsp3) is 0.714. The van der Waals surface area contributed by atoms with E-state index in [1.807, 2.05) is 19.9 Å². The molecule has 0 radical (unpaired) electrons. The van der Waals surface area contributed by atoms with Gasteiger partial charge in [-0.25, -0.2) is 0 Å². The zero-order valence-electron chi connectivity index (χ0n) is 12.5. The van der Waals surface area contributed by atoms with Crippen LogP contribution in [0.15, 0.2) is 6.07 Å². The highest BCUT2D eigenvalue weighted by atomic mass is 79.9. The average Bonchev–Trinajstić information content (AvgIpc) is 2.68. The lowest BCUT2D eigenvalue weighted by molar-refractivity contribution is 0.0890. The molecule has 108 valence electrons. The number of alkyl halides is 1. The van der Waals surface area contributed by atoms with Gasteiger partial charge in [0.25, 0.3) is 5.91 Å². The summed E-state index contributed by atoms with van der Waals surface area (Å²) in [5.74, 6) is -0.0386. The maximum absolute atomic E-state index is 12.4. The SMILES string of the molecule is CCn1nc(C)cc1C(=O)NC(CCBr)C(C)(C)C. The van der Waals surface area contributed by atoms with Crippen LogP contribution >= 0.6 is 15.9 Å². The number of hydrogen-bond donors (Lipinski definition) is 1. The second-order valence-electron chi connectivity index (χ2n) is 5.86. The van der Waals surface area contributed by atoms with Gasteiger partial charge in [-0.05, 0) is 31.7 Å². The number of amides is 1. The van der Waals surface area contributed by atoms with Crippen molar-refractivity contribution in [2.75, 3.05) is 5.33 Å². The first kappa shape index (κ1) is 16.2. The second-order valence-corrected chi connectivity index (χ2v) is 6.65. The van der Waals surface area contributed by atoms with Gasteiger partial charge >= 0.3 is 0 Å². The van der Waals surface area contributed by atoms with Gasteiger partial charge in [-0.15, -0.1) is 0 Å². The van der Waals surface area contributed by atoms with Crippen molar-refractivity contribution in [2.24, 2.45) is 5.41 Å². The second kappa shape index (κ2) is 6.55. The minimum absolute atomic E-state index is 0.0372. The molecular weight excluding hydrogens is 306 g/mol. The van der Waals surface area contributed by atoms with Crippen molar-refractivity contribution in [3.05, 3.63) is 17.5 Å². The summed E-state index contributed by atoms with van der Waals surface area (Å²) in [6.07, 6.45) is 0.911. The van der Waals surface area contributed by atoms with E-state index in [1.165, 1.54) is 0 Å². The summed E-state index contributed by atoms with van der Waals surface area (Å²) in [5.41, 5.74) is 1.55. The van der Waals surface area contributed by atoms with E-state index in [4.69, 9.17) is 0 Å². The molecule has 1 rings (SSSR count). The summed E-state index contributed by atoms with van der Waals surface area (Å²) in [7, 11) is 0. The molecule has 0 fully saturated rings. The first-order valence-electron chi connectivity index (χ1n) is 6.70. The van der Waals surface area contributed by atoms with Gasteiger partial charge in [-0.2, -0.15) is 5.10 Å². The van der Waals surface area contributed by atoms with Crippen LogP contribution in [-0.4, -0.2) is 27.1 Å². The van der Waals surface area contributed by atoms with E-state index in [0.717, 1.165) is 17.4 Å². The fourth-order valence-electron chi connectivity index (χ4n) is 2.03. The Kier molecular flexibility index (Phi) is 5.59. The van der Waals surface area contributed by atoms with Crippen molar-refractivity contribution in [1.82, 2.24) is 15.1 Å². The number of hydrogen-bond acceptors (Lipinski definition) is 2. The molecule has 1 amide bonds. The van der Waals surface area contributed by atoms with E-state index >= 15 is 0 Å². The van der Waals surface area contributed by atoms with Crippen LogP contribution in [0.4, 0.5) is 0 Å². The number of halogens is 1. The maximum Gasteiger partial charge on any atom is 0.269 e. The molecule has 0 spiro atoms. The number of carbonyl (C=O) groups excluding carboxylic acids is 1. The van der Waals surface area contributed by atoms with Gasteiger partial charge in [0.15, 0.2) is 0 Å². The van der Waals surface area contributed by atoms with Gasteiger partial charge in [0.2, 0.25) is 0 Å². The zero-order valence-corrected chi connectivity index (χ0v) is 14.0. The van der Waals surface area contributed by atoms with Crippen LogP contribution < -0.4 is 5.32 Å². The van der Waals surface area contributed by atoms with Crippen LogP contribution in [0, 0.1) is 12.3 Å². The quantitative estimate of drug-likeness (QED) is 0.843. The van der Waals surface area contributed by atoms with E-state index in [9.17, 15) is 4.79 Å². The summed E-state index contributed by atoms with van der Waals surface area (Å²) in [6, 6.07) is 1.98. The lowest BCUT2D eigenvalue weighted by atomic mass is 9.85. The lowest BCUT2D eigenvalue weighted by Gasteiger charge is -2.31. The van der Waals surface area contributed by atoms with Crippen LogP contribution in [0.3, 0.4) is 0 Å². The van der Waals surface area contributed by atoms with Gasteiger partial charge in [0.05, 0.1) is 5.69 Å². The Morgan fingerprint density at radius 2 is 2.16 bits per heavy atom. The number of aromatic nitrogens is 2. The van der Waals surface area contributed by atoms with E-state index in [-0.39, 0.29) is 17.4 Å². The van der Waals surface area contributed by atoms with E-state index in [0.29, 0.717) is 12.2 Å². The molecule has 1 heterocycles. The van der Waals surface area contributed by atoms with Gasteiger partial charge in [-0.1, -0.05) is 36.7 Å². The number of nitrogens with zero attached hydrogens (tertiary/aromatic N) is 2. The first-order chi connectivity index (χ1) is 8.79. The molecule has 1 atom stereocenters. The largest absolute Gasteiger partial charge is 0.347 e. The summed E-state index contributed by atoms with van der Waals surface area (Å²) in [6.45, 7) is 11.0. The highest BCUT2D eigenvalue weighted by molar-refractivity contribution is 9.09. The number of aryl methyl sites for hydroxylation is 2. The maximum atomic E-state index is 12.4. The third-order valence-corrected chi connectivity index (χ3v) is 3.64. The molecule has 4 nitrogen and oxygen atoms in total. The van der Waals surface area contributed by atoms with Crippen molar-refractivity contribution < 1.29 is 4.79 Å². The summed E-state index contributed by atoms with van der Waals surface area (Å²) >= 11 is 3.45. The molecule has 19 heavy (non-hydrogen) atoms. The molecule has 0 aliphatic carbocycles. The molecule has 1 unspecified atom stereocenters. The smallest absolute Gasteiger partial charge is 0.269 e. The lowest BCUT2D eigenvalue weighted by Crippen LogP contribution is -2.44. The normalized spacial score (nSPS) is 13.4. The third-order valence-electron chi connectivity index (χ3n) is 3.18. The van der Waals surface area contributed by atoms with Crippen molar-refractivity contribution in [2.45, 2.75) is 53.6 Å². The van der Waals surface area contributed by atoms with Crippen LogP contribution in [0.25, 0.3) is 0 Å². The topological polar surface area (TPSA) is 46.9 Å². The van der Waals surface area contributed by atoms with Gasteiger partial charge in [0, 0.05) is 17.9 Å². The fourth-order valence-corrected chi connectivity index (χ4v) is 2.49. The standard InChI is InChI=1S/C14H24BrN3O/c1-6-18-11(9-10(2)17-18)13(19)16-12(7-8-15)14(3,4)5/h9,12H,6-8H2,1-5H3,(H,16,19). The monoisotopic (exact) mass is 329 g/mol. The summed E-state index contributed by atoms with van der Waals surface area (Å²) in [5, 5.41) is 8.32. The minimum atomic E-state index is -0.0386. The Bertz CT molecular complexity index is 434. The van der Waals surface area contributed by atoms with Crippen molar-refractivity contribution in [3.63, 3.8) is 0 Å². The van der Waals surface area contributed by atoms with Crippen LogP contribution in [0.5, 0.6) is 0 Å². The molecule has 0 aliphatic heterocycles. The van der Waals surface area contributed by atoms with Crippen molar-refractivity contribution in [3.8, 4) is 0 Å². The highest BCUT2D eigenvalue weighted by Gasteiger charge is 2.27. The van der Waals surface area contributed by atoms with Crippen molar-refractivity contribution >= 4 is 21.8 Å². The Hall–Kier alpha value is -0.840. The van der Waals surface area contributed by atoms with Gasteiger partial charge in [-0.3, -0.25) is 9.48 Å². The summed E-state index contributed by atoms with van der Waals surface area (Å²) < 4.78 is 1.75. The molecular formula is C14H24BrN3O. The van der Waals surface area contributed by atoms with Crippen molar-refractivity contribution in [1.29, 1.82) is 0 Å². The zero-order chi connectivity index (χ0) is 14.6.